The minimum Gasteiger partial charge on any atom is -0.454 e. The zero-order valence-corrected chi connectivity index (χ0v) is 18.8. The summed E-state index contributed by atoms with van der Waals surface area (Å²) in [4.78, 5) is 27.4. The fourth-order valence-corrected chi connectivity index (χ4v) is 5.03. The number of fused-ring (bicyclic) bond motifs is 1. The van der Waals surface area contributed by atoms with E-state index in [9.17, 15) is 9.59 Å². The number of carbonyl (C=O) groups excluding carboxylic acids is 2. The lowest BCUT2D eigenvalue weighted by Crippen LogP contribution is -2.46. The van der Waals surface area contributed by atoms with Gasteiger partial charge in [-0.2, -0.15) is 0 Å². The van der Waals surface area contributed by atoms with E-state index in [4.69, 9.17) is 14.2 Å². The van der Waals surface area contributed by atoms with Gasteiger partial charge in [-0.3, -0.25) is 9.59 Å². The lowest BCUT2D eigenvalue weighted by atomic mass is 9.74. The van der Waals surface area contributed by atoms with E-state index in [1.807, 2.05) is 35.2 Å². The van der Waals surface area contributed by atoms with E-state index in [0.717, 1.165) is 36.3 Å². The molecule has 1 N–H and O–H groups in total. The Morgan fingerprint density at radius 1 is 1.06 bits per heavy atom. The Morgan fingerprint density at radius 2 is 1.85 bits per heavy atom. The monoisotopic (exact) mass is 450 g/mol. The first kappa shape index (κ1) is 21.8. The lowest BCUT2D eigenvalue weighted by molar-refractivity contribution is -0.129. The molecule has 3 aliphatic rings. The Hall–Kier alpha value is -3.06. The fraction of sp³-hybridized carbons (Fsp3) is 0.462. The Morgan fingerprint density at radius 3 is 2.67 bits per heavy atom. The van der Waals surface area contributed by atoms with E-state index >= 15 is 0 Å². The van der Waals surface area contributed by atoms with Crippen LogP contribution in [0.1, 0.15) is 30.4 Å². The van der Waals surface area contributed by atoms with Crippen LogP contribution in [0.15, 0.2) is 48.5 Å². The van der Waals surface area contributed by atoms with Gasteiger partial charge in [-0.1, -0.05) is 36.4 Å². The second-order valence-electron chi connectivity index (χ2n) is 9.15. The molecule has 33 heavy (non-hydrogen) atoms. The van der Waals surface area contributed by atoms with Gasteiger partial charge in [0.1, 0.15) is 0 Å². The molecule has 7 nitrogen and oxygen atoms in total. The number of nitrogens with zero attached hydrogens (tertiary/aromatic N) is 1. The number of carbonyl (C=O) groups is 2. The van der Waals surface area contributed by atoms with Crippen LogP contribution in [0.3, 0.4) is 0 Å². The number of hydrogen-bond donors (Lipinski definition) is 1. The highest BCUT2D eigenvalue weighted by Gasteiger charge is 2.38. The summed E-state index contributed by atoms with van der Waals surface area (Å²) in [6.45, 7) is 3.19. The highest BCUT2D eigenvalue weighted by atomic mass is 16.7. The van der Waals surface area contributed by atoms with Gasteiger partial charge in [0, 0.05) is 44.7 Å². The van der Waals surface area contributed by atoms with Crippen molar-refractivity contribution in [3.8, 4) is 11.5 Å². The predicted molar refractivity (Wildman–Crippen MR) is 122 cm³/mol. The van der Waals surface area contributed by atoms with Gasteiger partial charge in [0.2, 0.25) is 18.6 Å². The van der Waals surface area contributed by atoms with E-state index in [-0.39, 0.29) is 36.4 Å². The molecule has 2 aromatic rings. The third-order valence-electron chi connectivity index (χ3n) is 7.13. The normalized spacial score (nSPS) is 21.3. The summed E-state index contributed by atoms with van der Waals surface area (Å²) >= 11 is 0. The van der Waals surface area contributed by atoms with Gasteiger partial charge in [-0.25, -0.2) is 0 Å². The molecule has 174 valence electrons. The van der Waals surface area contributed by atoms with Crippen LogP contribution in [0.2, 0.25) is 0 Å². The summed E-state index contributed by atoms with van der Waals surface area (Å²) in [6, 6.07) is 16.2. The van der Waals surface area contributed by atoms with Crippen LogP contribution < -0.4 is 14.8 Å². The molecule has 5 rings (SSSR count). The van der Waals surface area contributed by atoms with Crippen molar-refractivity contribution in [3.05, 3.63) is 59.7 Å². The van der Waals surface area contributed by atoms with E-state index < -0.39 is 0 Å². The van der Waals surface area contributed by atoms with E-state index in [1.54, 1.807) is 0 Å². The number of rotatable bonds is 7. The largest absolute Gasteiger partial charge is 0.454 e. The standard InChI is InChI=1S/C26H30N2O5/c29-24-14-20(16-28(24)11-8-19-4-2-1-3-5-19)25(30)27-17-26(9-12-31-13-10-26)21-6-7-22-23(15-21)33-18-32-22/h1-7,15,20H,8-14,16-18H2,(H,27,30). The maximum Gasteiger partial charge on any atom is 0.231 e. The van der Waals surface area contributed by atoms with Crippen molar-refractivity contribution >= 4 is 11.8 Å². The minimum absolute atomic E-state index is 0.0443. The topological polar surface area (TPSA) is 77.1 Å². The highest BCUT2D eigenvalue weighted by molar-refractivity contribution is 5.89. The Balaban J connectivity index is 1.21. The van der Waals surface area contributed by atoms with Crippen molar-refractivity contribution in [1.82, 2.24) is 10.2 Å². The molecule has 0 bridgehead atoms. The van der Waals surface area contributed by atoms with Crippen molar-refractivity contribution < 1.29 is 23.8 Å². The first-order valence-electron chi connectivity index (χ1n) is 11.7. The van der Waals surface area contributed by atoms with Crippen LogP contribution in [0.25, 0.3) is 0 Å². The molecule has 2 fully saturated rings. The molecule has 2 amide bonds. The van der Waals surface area contributed by atoms with E-state index in [0.29, 0.717) is 32.8 Å². The molecule has 3 heterocycles. The molecule has 1 atom stereocenters. The summed E-state index contributed by atoms with van der Waals surface area (Å²) in [5.41, 5.74) is 2.11. The number of ether oxygens (including phenoxy) is 3. The lowest BCUT2D eigenvalue weighted by Gasteiger charge is -2.38. The first-order valence-corrected chi connectivity index (χ1v) is 11.7. The molecule has 3 aliphatic heterocycles. The summed E-state index contributed by atoms with van der Waals surface area (Å²) in [5, 5.41) is 3.17. The Labute approximate surface area is 194 Å². The number of hydrogen-bond acceptors (Lipinski definition) is 5. The second-order valence-corrected chi connectivity index (χ2v) is 9.15. The van der Waals surface area contributed by atoms with Gasteiger partial charge in [-0.05, 0) is 42.5 Å². The number of likely N-dealkylation sites (tertiary alicyclic amines) is 1. The molecule has 7 heteroatoms. The SMILES string of the molecule is O=C(NCC1(c2ccc3c(c2)OCO3)CCOCC1)C1CC(=O)N(CCc2ccccc2)C1. The van der Waals surface area contributed by atoms with Gasteiger partial charge < -0.3 is 24.4 Å². The van der Waals surface area contributed by atoms with Crippen LogP contribution in [-0.4, -0.2) is 56.4 Å². The maximum absolute atomic E-state index is 13.0. The molecule has 0 aliphatic carbocycles. The molecule has 1 unspecified atom stereocenters. The third kappa shape index (κ3) is 4.69. The van der Waals surface area contributed by atoms with Crippen molar-refractivity contribution in [2.45, 2.75) is 31.1 Å². The van der Waals surface area contributed by atoms with E-state index in [1.165, 1.54) is 5.56 Å². The predicted octanol–water partition coefficient (Wildman–Crippen LogP) is 2.67. The first-order chi connectivity index (χ1) is 16.1. The number of nitrogens with one attached hydrogen (secondary N) is 1. The number of benzene rings is 2. The summed E-state index contributed by atoms with van der Waals surface area (Å²) < 4.78 is 16.6. The molecular weight excluding hydrogens is 420 g/mol. The summed E-state index contributed by atoms with van der Waals surface area (Å²) in [7, 11) is 0. The van der Waals surface area contributed by atoms with Gasteiger partial charge in [-0.15, -0.1) is 0 Å². The Bertz CT molecular complexity index is 1000. The third-order valence-corrected chi connectivity index (χ3v) is 7.13. The van der Waals surface area contributed by atoms with Gasteiger partial charge >= 0.3 is 0 Å². The minimum atomic E-state index is -0.304. The Kier molecular flexibility index (Phi) is 6.22. The van der Waals surface area contributed by atoms with Crippen LogP contribution in [-0.2, 0) is 26.2 Å². The highest BCUT2D eigenvalue weighted by Crippen LogP contribution is 2.40. The van der Waals surface area contributed by atoms with Crippen LogP contribution >= 0.6 is 0 Å². The molecule has 0 aromatic heterocycles. The quantitative estimate of drug-likeness (QED) is 0.702. The molecule has 0 radical (unpaired) electrons. The maximum atomic E-state index is 13.0. The van der Waals surface area contributed by atoms with Crippen LogP contribution in [0.5, 0.6) is 11.5 Å². The molecule has 2 aromatic carbocycles. The summed E-state index contributed by atoms with van der Waals surface area (Å²) in [5.74, 6) is 1.21. The molecular formula is C26H30N2O5. The summed E-state index contributed by atoms with van der Waals surface area (Å²) in [6.07, 6.45) is 2.72. The van der Waals surface area contributed by atoms with Crippen molar-refractivity contribution in [2.24, 2.45) is 5.92 Å². The van der Waals surface area contributed by atoms with Crippen LogP contribution in [0.4, 0.5) is 0 Å². The van der Waals surface area contributed by atoms with Crippen molar-refractivity contribution in [3.63, 3.8) is 0 Å². The van der Waals surface area contributed by atoms with Gasteiger partial charge in [0.15, 0.2) is 11.5 Å². The fourth-order valence-electron chi connectivity index (χ4n) is 5.03. The average Bonchev–Trinajstić information content (AvgIpc) is 3.48. The number of amides is 2. The molecule has 2 saturated heterocycles. The zero-order chi connectivity index (χ0) is 22.7. The molecule has 0 saturated carbocycles. The van der Waals surface area contributed by atoms with Gasteiger partial charge in [0.05, 0.1) is 5.92 Å². The average molecular weight is 451 g/mol. The van der Waals surface area contributed by atoms with Crippen molar-refractivity contribution in [2.75, 3.05) is 39.6 Å². The second kappa shape index (κ2) is 9.43. The van der Waals surface area contributed by atoms with Crippen molar-refractivity contribution in [1.29, 1.82) is 0 Å². The smallest absolute Gasteiger partial charge is 0.231 e. The van der Waals surface area contributed by atoms with E-state index in [2.05, 4.69) is 23.5 Å². The van der Waals surface area contributed by atoms with Crippen LogP contribution in [0, 0.1) is 5.92 Å². The van der Waals surface area contributed by atoms with Gasteiger partial charge in [0.25, 0.3) is 0 Å². The zero-order valence-electron chi connectivity index (χ0n) is 18.8. The molecule has 0 spiro atoms.